The summed E-state index contributed by atoms with van der Waals surface area (Å²) >= 11 is 6.38. The molecular formula is C15H17ClN2O4. The molecule has 3 aliphatic rings. The van der Waals surface area contributed by atoms with Gasteiger partial charge in [-0.15, -0.1) is 0 Å². The van der Waals surface area contributed by atoms with E-state index in [0.717, 1.165) is 5.56 Å². The summed E-state index contributed by atoms with van der Waals surface area (Å²) in [6.45, 7) is 4.24. The molecule has 2 fully saturated rings. The summed E-state index contributed by atoms with van der Waals surface area (Å²) in [5.41, 5.74) is 1.00. The number of ether oxygens (including phenoxy) is 3. The molecule has 7 heteroatoms. The van der Waals surface area contributed by atoms with Crippen LogP contribution in [-0.2, 0) is 25.5 Å². The first-order chi connectivity index (χ1) is 10.5. The van der Waals surface area contributed by atoms with Crippen molar-refractivity contribution in [1.82, 2.24) is 10.3 Å². The molecule has 22 heavy (non-hydrogen) atoms. The number of amides is 1. The van der Waals surface area contributed by atoms with Gasteiger partial charge in [0.2, 0.25) is 0 Å². The van der Waals surface area contributed by atoms with Gasteiger partial charge in [-0.3, -0.25) is 0 Å². The molecular weight excluding hydrogens is 308 g/mol. The van der Waals surface area contributed by atoms with Crippen molar-refractivity contribution in [3.05, 3.63) is 28.5 Å². The molecule has 4 rings (SSSR count). The highest BCUT2D eigenvalue weighted by molar-refractivity contribution is 6.30. The normalized spacial score (nSPS) is 35.5. The summed E-state index contributed by atoms with van der Waals surface area (Å²) < 4.78 is 17.4. The third-order valence-corrected chi connectivity index (χ3v) is 5.17. The van der Waals surface area contributed by atoms with Crippen LogP contribution in [0.1, 0.15) is 37.8 Å². The lowest BCUT2D eigenvalue weighted by Crippen LogP contribution is -2.49. The first-order valence-corrected chi connectivity index (χ1v) is 7.80. The maximum Gasteiger partial charge on any atom is 0.408 e. The molecule has 1 aromatic heterocycles. The smallest absolute Gasteiger partial charge is 0.408 e. The highest BCUT2D eigenvalue weighted by atomic mass is 35.5. The van der Waals surface area contributed by atoms with E-state index in [1.54, 1.807) is 6.20 Å². The Morgan fingerprint density at radius 1 is 1.32 bits per heavy atom. The van der Waals surface area contributed by atoms with Gasteiger partial charge in [-0.1, -0.05) is 11.6 Å². The highest BCUT2D eigenvalue weighted by Gasteiger charge is 2.57. The molecule has 1 aromatic rings. The Morgan fingerprint density at radius 2 is 2.05 bits per heavy atom. The van der Waals surface area contributed by atoms with Gasteiger partial charge in [0.25, 0.3) is 0 Å². The van der Waals surface area contributed by atoms with E-state index in [1.165, 1.54) is 0 Å². The fourth-order valence-corrected chi connectivity index (χ4v) is 3.93. The summed E-state index contributed by atoms with van der Waals surface area (Å²) in [7, 11) is 0. The largest absolute Gasteiger partial charge is 0.447 e. The number of nitrogens with one attached hydrogen (secondary N) is 1. The molecule has 6 nitrogen and oxygen atoms in total. The predicted molar refractivity (Wildman–Crippen MR) is 77.4 cm³/mol. The monoisotopic (exact) mass is 324 g/mol. The molecule has 0 aromatic carbocycles. The minimum Gasteiger partial charge on any atom is -0.447 e. The second-order valence-corrected chi connectivity index (χ2v) is 6.56. The summed E-state index contributed by atoms with van der Waals surface area (Å²) in [4.78, 5) is 15.8. The number of aromatic nitrogens is 1. The third kappa shape index (κ3) is 1.81. The average Bonchev–Trinajstić information content (AvgIpc) is 2.98. The van der Waals surface area contributed by atoms with Gasteiger partial charge >= 0.3 is 6.09 Å². The number of nitrogens with zero attached hydrogens (tertiary/aromatic N) is 1. The van der Waals surface area contributed by atoms with E-state index in [2.05, 4.69) is 10.3 Å². The molecule has 118 valence electrons. The van der Waals surface area contributed by atoms with Crippen LogP contribution in [0.2, 0.25) is 5.15 Å². The van der Waals surface area contributed by atoms with Gasteiger partial charge in [-0.05, 0) is 31.9 Å². The fourth-order valence-electron chi connectivity index (χ4n) is 3.63. The molecule has 3 heterocycles. The van der Waals surface area contributed by atoms with E-state index in [0.29, 0.717) is 23.6 Å². The van der Waals surface area contributed by atoms with Crippen LogP contribution in [0.25, 0.3) is 0 Å². The van der Waals surface area contributed by atoms with Crippen molar-refractivity contribution in [2.75, 3.05) is 6.61 Å². The van der Waals surface area contributed by atoms with Gasteiger partial charge in [0.05, 0.1) is 17.8 Å². The molecule has 1 N–H and O–H groups in total. The van der Waals surface area contributed by atoms with E-state index in [-0.39, 0.29) is 18.8 Å². The van der Waals surface area contributed by atoms with Crippen LogP contribution in [-0.4, -0.2) is 29.9 Å². The van der Waals surface area contributed by atoms with Crippen LogP contribution >= 0.6 is 11.6 Å². The topological polar surface area (TPSA) is 69.7 Å². The zero-order valence-electron chi connectivity index (χ0n) is 12.4. The zero-order valence-corrected chi connectivity index (χ0v) is 13.1. The lowest BCUT2D eigenvalue weighted by molar-refractivity contribution is -0.196. The third-order valence-electron chi connectivity index (χ3n) is 4.89. The van der Waals surface area contributed by atoms with Crippen LogP contribution in [0.5, 0.6) is 0 Å². The van der Waals surface area contributed by atoms with E-state index in [4.69, 9.17) is 25.8 Å². The molecule has 0 saturated carbocycles. The number of carbonyl (C=O) groups is 1. The molecule has 2 saturated heterocycles. The summed E-state index contributed by atoms with van der Waals surface area (Å²) in [6, 6.07) is 1.86. The van der Waals surface area contributed by atoms with Crippen molar-refractivity contribution < 1.29 is 19.0 Å². The van der Waals surface area contributed by atoms with Crippen LogP contribution < -0.4 is 5.32 Å². The lowest BCUT2D eigenvalue weighted by Gasteiger charge is -2.42. The highest BCUT2D eigenvalue weighted by Crippen LogP contribution is 2.53. The maximum absolute atomic E-state index is 11.6. The number of alkyl carbamates (subject to hydrolysis) is 1. The Bertz CT molecular complexity index is 642. The van der Waals surface area contributed by atoms with Gasteiger partial charge in [-0.25, -0.2) is 9.78 Å². The van der Waals surface area contributed by atoms with Crippen molar-refractivity contribution in [3.63, 3.8) is 0 Å². The maximum atomic E-state index is 11.6. The van der Waals surface area contributed by atoms with Crippen molar-refractivity contribution in [2.45, 2.75) is 50.2 Å². The number of fused-ring (bicyclic) bond motifs is 3. The Hall–Kier alpha value is -1.37. The van der Waals surface area contributed by atoms with Crippen LogP contribution in [0.3, 0.4) is 0 Å². The van der Waals surface area contributed by atoms with Gasteiger partial charge < -0.3 is 19.5 Å². The van der Waals surface area contributed by atoms with Crippen molar-refractivity contribution >= 4 is 17.7 Å². The zero-order chi connectivity index (χ0) is 15.5. The van der Waals surface area contributed by atoms with E-state index < -0.39 is 17.4 Å². The number of hydrogen-bond donors (Lipinski definition) is 1. The van der Waals surface area contributed by atoms with Crippen molar-refractivity contribution in [2.24, 2.45) is 0 Å². The second kappa shape index (κ2) is 4.57. The first kappa shape index (κ1) is 14.2. The fraction of sp³-hybridized carbons (Fsp3) is 0.600. The van der Waals surface area contributed by atoms with Crippen LogP contribution in [0.15, 0.2) is 12.3 Å². The number of halogens is 1. The minimum absolute atomic E-state index is 0.0346. The van der Waals surface area contributed by atoms with Gasteiger partial charge in [0.15, 0.2) is 5.79 Å². The Morgan fingerprint density at radius 3 is 2.68 bits per heavy atom. The van der Waals surface area contributed by atoms with E-state index in [9.17, 15) is 4.79 Å². The van der Waals surface area contributed by atoms with Crippen LogP contribution in [0, 0.1) is 0 Å². The van der Waals surface area contributed by atoms with Crippen molar-refractivity contribution in [1.29, 1.82) is 0 Å². The van der Waals surface area contributed by atoms with Crippen molar-refractivity contribution in [3.8, 4) is 0 Å². The van der Waals surface area contributed by atoms with E-state index in [1.807, 2.05) is 19.9 Å². The number of carbonyl (C=O) groups excluding carboxylic acids is 1. The molecule has 1 aliphatic carbocycles. The molecule has 2 aliphatic heterocycles. The quantitative estimate of drug-likeness (QED) is 0.742. The summed E-state index contributed by atoms with van der Waals surface area (Å²) in [5.74, 6) is -0.891. The molecule has 0 bridgehead atoms. The lowest BCUT2D eigenvalue weighted by atomic mass is 9.75. The summed E-state index contributed by atoms with van der Waals surface area (Å²) in [6.07, 6.45) is 2.40. The van der Waals surface area contributed by atoms with Gasteiger partial charge in [0, 0.05) is 12.6 Å². The molecule has 1 amide bonds. The first-order valence-electron chi connectivity index (χ1n) is 7.42. The Kier molecular flexibility index (Phi) is 2.95. The second-order valence-electron chi connectivity index (χ2n) is 6.21. The SMILES string of the molecule is C[C@H]1OC2(CC[C@]3(COC(=O)N3)c3ccnc(Cl)c32)O[C@@H]1C. The number of cyclic esters (lactones) is 1. The number of rotatable bonds is 0. The Balaban J connectivity index is 1.87. The van der Waals surface area contributed by atoms with Gasteiger partial charge in [0.1, 0.15) is 17.3 Å². The summed E-state index contributed by atoms with van der Waals surface area (Å²) in [5, 5.41) is 3.27. The minimum atomic E-state index is -0.891. The van der Waals surface area contributed by atoms with Crippen LogP contribution in [0.4, 0.5) is 4.79 Å². The molecule has 0 unspecified atom stereocenters. The van der Waals surface area contributed by atoms with Gasteiger partial charge in [-0.2, -0.15) is 0 Å². The number of pyridine rings is 1. The molecule has 2 spiro atoms. The standard InChI is InChI=1S/C15H17ClN2O4/c1-8-9(2)22-15(21-8)5-4-14(7-20-13(19)18-14)10-3-6-17-12(16)11(10)15/h3,6,8-9H,4-5,7H2,1-2H3,(H,18,19)/t8-,9-,14+/m1/s1. The van der Waals surface area contributed by atoms with E-state index >= 15 is 0 Å². The predicted octanol–water partition coefficient (Wildman–Crippen LogP) is 2.44. The molecule has 3 atom stereocenters. The Labute approximate surface area is 133 Å². The number of hydrogen-bond acceptors (Lipinski definition) is 5. The average molecular weight is 325 g/mol. The molecule has 0 radical (unpaired) electrons.